The van der Waals surface area contributed by atoms with E-state index in [1.54, 1.807) is 32.4 Å². The molecular weight excluding hydrogens is 400 g/mol. The number of hydrogen-bond acceptors (Lipinski definition) is 4. The van der Waals surface area contributed by atoms with Crippen LogP contribution in [0.4, 0.5) is 8.78 Å². The van der Waals surface area contributed by atoms with Crippen LogP contribution in [0.15, 0.2) is 36.4 Å². The van der Waals surface area contributed by atoms with Gasteiger partial charge in [-0.2, -0.15) is 0 Å². The minimum atomic E-state index is -1.33. The lowest BCUT2D eigenvalue weighted by atomic mass is 9.82. The molecule has 166 valence electrons. The number of hydrogen-bond donors (Lipinski definition) is 0. The molecule has 0 amide bonds. The maximum atomic E-state index is 15.6. The number of benzene rings is 2. The second-order valence-electron chi connectivity index (χ2n) is 8.71. The largest absolute Gasteiger partial charge is 0.493 e. The third-order valence-electron chi connectivity index (χ3n) is 6.68. The van der Waals surface area contributed by atoms with Gasteiger partial charge in [-0.25, -0.2) is 8.78 Å². The summed E-state index contributed by atoms with van der Waals surface area (Å²) in [6.45, 7) is 2.09. The number of likely N-dealkylation sites (tertiary alicyclic amines) is 1. The first-order valence-electron chi connectivity index (χ1n) is 10.9. The lowest BCUT2D eigenvalue weighted by Gasteiger charge is -2.37. The molecule has 1 fully saturated rings. The number of ketones is 1. The van der Waals surface area contributed by atoms with E-state index in [0.717, 1.165) is 24.1 Å². The van der Waals surface area contributed by atoms with Gasteiger partial charge in [0.1, 0.15) is 11.5 Å². The van der Waals surface area contributed by atoms with E-state index >= 15 is 4.39 Å². The Balaban J connectivity index is 1.33. The highest BCUT2D eigenvalue weighted by Crippen LogP contribution is 2.41. The van der Waals surface area contributed by atoms with E-state index in [2.05, 4.69) is 4.90 Å². The van der Waals surface area contributed by atoms with E-state index in [1.165, 1.54) is 6.07 Å². The Hall–Kier alpha value is -2.47. The summed E-state index contributed by atoms with van der Waals surface area (Å²) in [6.07, 6.45) is 2.38. The number of Topliss-reactive ketones (excluding diaryl/α,β-unsaturated/α-hetero) is 1. The van der Waals surface area contributed by atoms with Crippen molar-refractivity contribution in [3.63, 3.8) is 0 Å². The number of halogens is 2. The lowest BCUT2D eigenvalue weighted by Crippen LogP contribution is -2.43. The molecule has 0 aromatic heterocycles. The summed E-state index contributed by atoms with van der Waals surface area (Å²) in [5, 5.41) is 0. The highest BCUT2D eigenvalue weighted by molar-refractivity contribution is 6.03. The van der Waals surface area contributed by atoms with Crippen LogP contribution < -0.4 is 9.47 Å². The van der Waals surface area contributed by atoms with Crippen molar-refractivity contribution in [3.8, 4) is 11.5 Å². The van der Waals surface area contributed by atoms with Crippen molar-refractivity contribution in [3.05, 3.63) is 58.9 Å². The van der Waals surface area contributed by atoms with Crippen LogP contribution in [0.25, 0.3) is 0 Å². The number of rotatable bonds is 7. The monoisotopic (exact) mass is 429 g/mol. The molecular formula is C25H29F2NO3. The number of alkyl halides is 1. The lowest BCUT2D eigenvalue weighted by molar-refractivity contribution is 0.0364. The van der Waals surface area contributed by atoms with Crippen molar-refractivity contribution in [1.82, 2.24) is 4.90 Å². The van der Waals surface area contributed by atoms with Gasteiger partial charge in [-0.15, -0.1) is 0 Å². The molecule has 2 aliphatic rings. The molecule has 2 aromatic carbocycles. The van der Waals surface area contributed by atoms with Gasteiger partial charge in [0.25, 0.3) is 0 Å². The predicted molar refractivity (Wildman–Crippen MR) is 115 cm³/mol. The highest BCUT2D eigenvalue weighted by atomic mass is 19.1. The van der Waals surface area contributed by atoms with Gasteiger partial charge in [0.15, 0.2) is 17.3 Å². The molecule has 1 aliphatic carbocycles. The van der Waals surface area contributed by atoms with Gasteiger partial charge in [0.2, 0.25) is 0 Å². The van der Waals surface area contributed by atoms with Crippen LogP contribution in [0, 0.1) is 11.7 Å². The van der Waals surface area contributed by atoms with Crippen molar-refractivity contribution >= 4 is 5.78 Å². The van der Waals surface area contributed by atoms with Gasteiger partial charge in [0.05, 0.1) is 14.2 Å². The summed E-state index contributed by atoms with van der Waals surface area (Å²) in [5.41, 5.74) is 1.16. The number of nitrogens with zero attached hydrogens (tertiary/aromatic N) is 1. The quantitative estimate of drug-likeness (QED) is 0.643. The zero-order chi connectivity index (χ0) is 22.0. The zero-order valence-electron chi connectivity index (χ0n) is 18.1. The summed E-state index contributed by atoms with van der Waals surface area (Å²) in [5.74, 6) is 0.557. The van der Waals surface area contributed by atoms with Gasteiger partial charge >= 0.3 is 0 Å². The third-order valence-corrected chi connectivity index (χ3v) is 6.68. The molecule has 0 bridgehead atoms. The second kappa shape index (κ2) is 8.95. The van der Waals surface area contributed by atoms with E-state index in [0.29, 0.717) is 49.4 Å². The Bertz CT molecular complexity index is 954. The molecule has 1 aliphatic heterocycles. The van der Waals surface area contributed by atoms with Crippen LogP contribution in [0.5, 0.6) is 11.5 Å². The van der Waals surface area contributed by atoms with Crippen LogP contribution in [-0.2, 0) is 12.8 Å². The molecule has 6 heteroatoms. The summed E-state index contributed by atoms with van der Waals surface area (Å²) >= 11 is 0. The minimum Gasteiger partial charge on any atom is -0.493 e. The normalized spacial score (nSPS) is 20.5. The van der Waals surface area contributed by atoms with Gasteiger partial charge < -0.3 is 14.4 Å². The number of carbonyl (C=O) groups excluding carboxylic acids is 1. The number of fused-ring (bicyclic) bond motifs is 1. The van der Waals surface area contributed by atoms with Gasteiger partial charge in [-0.1, -0.05) is 12.1 Å². The molecule has 0 N–H and O–H groups in total. The van der Waals surface area contributed by atoms with Crippen molar-refractivity contribution in [2.45, 2.75) is 37.8 Å². The topological polar surface area (TPSA) is 38.8 Å². The third kappa shape index (κ3) is 4.74. The van der Waals surface area contributed by atoms with E-state index in [1.807, 2.05) is 12.1 Å². The summed E-state index contributed by atoms with van der Waals surface area (Å²) in [7, 11) is 3.11. The summed E-state index contributed by atoms with van der Waals surface area (Å²) < 4.78 is 39.6. The first-order chi connectivity index (χ1) is 14.9. The van der Waals surface area contributed by atoms with Gasteiger partial charge in [-0.05, 0) is 67.5 Å². The standard InChI is InChI=1S/C25H29F2NO3/c1-30-22-14-18-13-19(24(29)21(18)15-23(22)31-2)16-25(27)7-10-28(11-8-25)9-6-17-4-3-5-20(26)12-17/h3-5,12,14-15,19H,6-11,13,16H2,1-2H3. The van der Waals surface area contributed by atoms with Gasteiger partial charge in [-0.3, -0.25) is 4.79 Å². The minimum absolute atomic E-state index is 0.00140. The molecule has 0 saturated carbocycles. The molecule has 4 rings (SSSR count). The zero-order valence-corrected chi connectivity index (χ0v) is 18.1. The fraction of sp³-hybridized carbons (Fsp3) is 0.480. The van der Waals surface area contributed by atoms with Crippen LogP contribution in [0.3, 0.4) is 0 Å². The average Bonchev–Trinajstić information content (AvgIpc) is 3.06. The number of carbonyl (C=O) groups is 1. The number of ether oxygens (including phenoxy) is 2. The number of piperidine rings is 1. The van der Waals surface area contributed by atoms with E-state index in [9.17, 15) is 9.18 Å². The Morgan fingerprint density at radius 1 is 1.10 bits per heavy atom. The Morgan fingerprint density at radius 2 is 1.81 bits per heavy atom. The SMILES string of the molecule is COc1cc2c(cc1OC)C(=O)C(CC1(F)CCN(CCc3cccc(F)c3)CC1)C2. The van der Waals surface area contributed by atoms with Gasteiger partial charge in [0, 0.05) is 31.1 Å². The first-order valence-corrected chi connectivity index (χ1v) is 10.9. The molecule has 1 atom stereocenters. The summed E-state index contributed by atoms with van der Waals surface area (Å²) in [6, 6.07) is 10.2. The molecule has 31 heavy (non-hydrogen) atoms. The molecule has 1 heterocycles. The second-order valence-corrected chi connectivity index (χ2v) is 8.71. The van der Waals surface area contributed by atoms with Crippen molar-refractivity contribution < 1.29 is 23.0 Å². The van der Waals surface area contributed by atoms with Crippen LogP contribution >= 0.6 is 0 Å². The number of methoxy groups -OCH3 is 2. The molecule has 2 aromatic rings. The van der Waals surface area contributed by atoms with Crippen molar-refractivity contribution in [2.75, 3.05) is 33.9 Å². The van der Waals surface area contributed by atoms with Crippen molar-refractivity contribution in [2.24, 2.45) is 5.92 Å². The molecule has 1 unspecified atom stereocenters. The molecule has 1 saturated heterocycles. The first kappa shape index (κ1) is 21.8. The Kier molecular flexibility index (Phi) is 6.28. The maximum absolute atomic E-state index is 15.6. The average molecular weight is 430 g/mol. The van der Waals surface area contributed by atoms with Crippen LogP contribution in [-0.4, -0.2) is 50.2 Å². The maximum Gasteiger partial charge on any atom is 0.166 e. The summed E-state index contributed by atoms with van der Waals surface area (Å²) in [4.78, 5) is 15.2. The fourth-order valence-electron chi connectivity index (χ4n) is 4.87. The van der Waals surface area contributed by atoms with Crippen molar-refractivity contribution in [1.29, 1.82) is 0 Å². The Labute approximate surface area is 182 Å². The highest BCUT2D eigenvalue weighted by Gasteiger charge is 2.41. The van der Waals surface area contributed by atoms with E-state index in [-0.39, 0.29) is 23.9 Å². The van der Waals surface area contributed by atoms with E-state index < -0.39 is 5.67 Å². The smallest absolute Gasteiger partial charge is 0.166 e. The van der Waals surface area contributed by atoms with E-state index in [4.69, 9.17) is 9.47 Å². The fourth-order valence-corrected chi connectivity index (χ4v) is 4.87. The Morgan fingerprint density at radius 3 is 2.48 bits per heavy atom. The molecule has 0 spiro atoms. The van der Waals surface area contributed by atoms with Crippen LogP contribution in [0.1, 0.15) is 40.7 Å². The molecule has 0 radical (unpaired) electrons. The van der Waals surface area contributed by atoms with Crippen LogP contribution in [0.2, 0.25) is 0 Å². The molecule has 4 nitrogen and oxygen atoms in total. The predicted octanol–water partition coefficient (Wildman–Crippen LogP) is 4.63.